The number of fused-ring (bicyclic) bond motifs is 1. The van der Waals surface area contributed by atoms with Gasteiger partial charge in [0.25, 0.3) is 0 Å². The van der Waals surface area contributed by atoms with Crippen LogP contribution in [-0.2, 0) is 10.3 Å². The average molecular weight is 478 g/mol. The van der Waals surface area contributed by atoms with E-state index < -0.39 is 22.8 Å². The summed E-state index contributed by atoms with van der Waals surface area (Å²) in [6, 6.07) is 7.48. The van der Waals surface area contributed by atoms with Crippen LogP contribution >= 0.6 is 11.8 Å². The van der Waals surface area contributed by atoms with Crippen molar-refractivity contribution < 1.29 is 13.6 Å². The molecule has 1 saturated carbocycles. The summed E-state index contributed by atoms with van der Waals surface area (Å²) in [5.74, 6) is 4.63. The second-order valence-corrected chi connectivity index (χ2v) is 9.73. The zero-order valence-corrected chi connectivity index (χ0v) is 19.4. The van der Waals surface area contributed by atoms with E-state index in [0.717, 1.165) is 0 Å². The maximum atomic E-state index is 15.0. The van der Waals surface area contributed by atoms with Crippen molar-refractivity contribution in [2.75, 3.05) is 20.8 Å². The molecule has 1 fully saturated rings. The monoisotopic (exact) mass is 477 g/mol. The number of thioether (sulfide) groups is 1. The molecule has 1 aliphatic carbocycles. The van der Waals surface area contributed by atoms with Crippen LogP contribution in [0.15, 0.2) is 53.7 Å². The highest BCUT2D eigenvalue weighted by Gasteiger charge is 2.67. The van der Waals surface area contributed by atoms with Crippen molar-refractivity contribution in [1.29, 1.82) is 0 Å². The number of amidine groups is 1. The molecule has 1 amide bonds. The molecule has 0 saturated heterocycles. The minimum Gasteiger partial charge on any atom is -0.378 e. The Bertz CT molecular complexity index is 1310. The average Bonchev–Trinajstić information content (AvgIpc) is 3.56. The van der Waals surface area contributed by atoms with Crippen molar-refractivity contribution in [1.82, 2.24) is 9.88 Å². The molecule has 2 N–H and O–H groups in total. The van der Waals surface area contributed by atoms with Gasteiger partial charge >= 0.3 is 0 Å². The number of nitrogens with two attached hydrogens (primary N) is 1. The first kappa shape index (κ1) is 23.5. The smallest absolute Gasteiger partial charge is 0.245 e. The van der Waals surface area contributed by atoms with Crippen LogP contribution in [0.2, 0.25) is 0 Å². The fourth-order valence-electron chi connectivity index (χ4n) is 4.06. The lowest BCUT2D eigenvalue weighted by Gasteiger charge is -2.34. The molecule has 1 aromatic heterocycles. The van der Waals surface area contributed by atoms with Crippen molar-refractivity contribution in [2.45, 2.75) is 16.7 Å². The summed E-state index contributed by atoms with van der Waals surface area (Å²) in [6.45, 7) is 6.04. The Hall–Kier alpha value is -3.69. The lowest BCUT2D eigenvalue weighted by Crippen LogP contribution is -2.39. The van der Waals surface area contributed by atoms with E-state index in [0.29, 0.717) is 23.4 Å². The van der Waals surface area contributed by atoms with Crippen LogP contribution in [0.5, 0.6) is 0 Å². The number of alkyl halides is 1. The molecule has 172 valence electrons. The molecule has 34 heavy (non-hydrogen) atoms. The van der Waals surface area contributed by atoms with Crippen molar-refractivity contribution in [3.8, 4) is 11.8 Å². The summed E-state index contributed by atoms with van der Waals surface area (Å²) in [5, 5.41) is 0.147. The van der Waals surface area contributed by atoms with Gasteiger partial charge in [-0.05, 0) is 36.6 Å². The quantitative estimate of drug-likeness (QED) is 0.413. The van der Waals surface area contributed by atoms with Gasteiger partial charge in [-0.2, -0.15) is 0 Å². The Morgan fingerprint density at radius 1 is 1.38 bits per heavy atom. The molecule has 3 atom stereocenters. The van der Waals surface area contributed by atoms with Crippen LogP contribution in [-0.4, -0.2) is 46.5 Å². The number of hydrogen-bond donors (Lipinski definition) is 1. The van der Waals surface area contributed by atoms with E-state index in [-0.39, 0.29) is 22.6 Å². The maximum Gasteiger partial charge on any atom is 0.245 e. The topological polar surface area (TPSA) is 75.9 Å². The minimum atomic E-state index is -1.50. The van der Waals surface area contributed by atoms with Gasteiger partial charge in [-0.15, -0.1) is 0 Å². The number of benzene rings is 1. The number of aliphatic imine (C=N–C) groups is 1. The lowest BCUT2D eigenvalue weighted by molar-refractivity contribution is -0.123. The van der Waals surface area contributed by atoms with Crippen LogP contribution < -0.4 is 5.73 Å². The third-order valence-electron chi connectivity index (χ3n) is 5.93. The van der Waals surface area contributed by atoms with E-state index in [4.69, 9.17) is 12.3 Å². The number of likely N-dealkylation sites (N-methyl/N-ethyl adjacent to an activating group) is 1. The standard InChI is InChI=1S/C25H21F2N5OS/c1-29-18-8-7-17(30-14-18)6-4-16-5-9-20(27)19(12-16)25(15-26)21-13-24(21,34-23(28)31-25)11-10-22(33)32(2)3/h5,7-12,14,21H,13,15H2,2-3H3,(H2,28,31)/b11-10+/t21-,24+,25-/m1/s1. The second-order valence-electron chi connectivity index (χ2n) is 8.35. The van der Waals surface area contributed by atoms with Gasteiger partial charge in [-0.25, -0.2) is 18.6 Å². The molecule has 4 rings (SSSR count). The zero-order valence-electron chi connectivity index (χ0n) is 18.5. The van der Waals surface area contributed by atoms with E-state index in [1.807, 2.05) is 0 Å². The molecule has 2 aromatic rings. The highest BCUT2D eigenvalue weighted by molar-refractivity contribution is 8.15. The number of hydrogen-bond acceptors (Lipinski definition) is 5. The molecular formula is C25H21F2N5OS. The third kappa shape index (κ3) is 4.27. The number of carbonyl (C=O) groups excluding carboxylic acids is 1. The van der Waals surface area contributed by atoms with Gasteiger partial charge in [0.05, 0.1) is 6.57 Å². The fourth-order valence-corrected chi connectivity index (χ4v) is 5.38. The van der Waals surface area contributed by atoms with Gasteiger partial charge in [0.15, 0.2) is 5.17 Å². The summed E-state index contributed by atoms with van der Waals surface area (Å²) >= 11 is 1.27. The molecule has 1 aliphatic heterocycles. The number of aromatic nitrogens is 1. The summed E-state index contributed by atoms with van der Waals surface area (Å²) in [5.41, 5.74) is 5.98. The summed E-state index contributed by atoms with van der Waals surface area (Å²) in [6.07, 6.45) is 5.11. The van der Waals surface area contributed by atoms with Gasteiger partial charge in [-0.3, -0.25) is 9.78 Å². The predicted molar refractivity (Wildman–Crippen MR) is 128 cm³/mol. The predicted octanol–water partition coefficient (Wildman–Crippen LogP) is 3.80. The largest absolute Gasteiger partial charge is 0.378 e. The number of pyridine rings is 1. The van der Waals surface area contributed by atoms with Crippen molar-refractivity contribution in [3.63, 3.8) is 0 Å². The minimum absolute atomic E-state index is 0.0839. The van der Waals surface area contributed by atoms with E-state index in [9.17, 15) is 9.18 Å². The highest BCUT2D eigenvalue weighted by atomic mass is 32.2. The second kappa shape index (κ2) is 8.92. The molecule has 6 nitrogen and oxygen atoms in total. The molecule has 2 aliphatic rings. The number of rotatable bonds is 4. The SMILES string of the molecule is [C-]#[N+]c1ccc(C#Cc2ccc(F)c([C@@]3(CF)N=C(N)S[C@@]4(/C=C/C(=O)N(C)C)C[C@H]43)c2)nc1. The number of amides is 1. The summed E-state index contributed by atoms with van der Waals surface area (Å²) in [7, 11) is 3.28. The molecule has 0 bridgehead atoms. The Labute approximate surface area is 200 Å². The van der Waals surface area contributed by atoms with Crippen LogP contribution in [0.4, 0.5) is 14.5 Å². The Morgan fingerprint density at radius 3 is 2.82 bits per heavy atom. The van der Waals surface area contributed by atoms with Crippen LogP contribution in [0.25, 0.3) is 4.85 Å². The van der Waals surface area contributed by atoms with E-state index in [1.165, 1.54) is 47.1 Å². The first-order valence-corrected chi connectivity index (χ1v) is 11.2. The number of halogens is 2. The molecule has 1 aromatic carbocycles. The van der Waals surface area contributed by atoms with Gasteiger partial charge in [0, 0.05) is 48.2 Å². The summed E-state index contributed by atoms with van der Waals surface area (Å²) < 4.78 is 29.1. The third-order valence-corrected chi connectivity index (χ3v) is 7.20. The Balaban J connectivity index is 1.70. The lowest BCUT2D eigenvalue weighted by atomic mass is 9.84. The zero-order chi connectivity index (χ0) is 24.5. The molecular weight excluding hydrogens is 456 g/mol. The number of nitrogens with zero attached hydrogens (tertiary/aromatic N) is 4. The van der Waals surface area contributed by atoms with Gasteiger partial charge < -0.3 is 10.6 Å². The van der Waals surface area contributed by atoms with Crippen LogP contribution in [0.3, 0.4) is 0 Å². The van der Waals surface area contributed by atoms with Crippen molar-refractivity contribution >= 4 is 28.5 Å². The molecule has 0 spiro atoms. The van der Waals surface area contributed by atoms with Crippen molar-refractivity contribution in [2.24, 2.45) is 16.6 Å². The van der Waals surface area contributed by atoms with Gasteiger partial charge in [-0.1, -0.05) is 29.8 Å². The normalized spacial score (nSPS) is 24.9. The highest BCUT2D eigenvalue weighted by Crippen LogP contribution is 2.66. The number of carbonyl (C=O) groups is 1. The summed E-state index contributed by atoms with van der Waals surface area (Å²) in [4.78, 5) is 25.3. The maximum absolute atomic E-state index is 15.0. The first-order valence-electron chi connectivity index (χ1n) is 10.4. The fraction of sp³-hybridized carbons (Fsp3) is 0.280. The van der Waals surface area contributed by atoms with Crippen molar-refractivity contribution in [3.05, 3.63) is 82.7 Å². The van der Waals surface area contributed by atoms with E-state index in [1.54, 1.807) is 32.3 Å². The Kier molecular flexibility index (Phi) is 6.16. The molecule has 9 heteroatoms. The van der Waals surface area contributed by atoms with Crippen LogP contribution in [0.1, 0.15) is 23.2 Å². The molecule has 2 heterocycles. The van der Waals surface area contributed by atoms with Gasteiger partial charge in [0.1, 0.15) is 23.7 Å². The molecule has 0 radical (unpaired) electrons. The van der Waals surface area contributed by atoms with E-state index >= 15 is 4.39 Å². The first-order chi connectivity index (χ1) is 16.2. The molecule has 0 unspecified atom stereocenters. The van der Waals surface area contributed by atoms with Gasteiger partial charge in [0.2, 0.25) is 11.6 Å². The Morgan fingerprint density at radius 2 is 2.18 bits per heavy atom. The van der Waals surface area contributed by atoms with Crippen LogP contribution in [0, 0.1) is 30.1 Å². The van der Waals surface area contributed by atoms with E-state index in [2.05, 4.69) is 26.7 Å².